The number of aromatic nitrogens is 4. The molecule has 10 heteroatoms. The summed E-state index contributed by atoms with van der Waals surface area (Å²) < 4.78 is 20.8. The largest absolute Gasteiger partial charge is 0.486 e. The normalized spacial score (nSPS) is 19.2. The Labute approximate surface area is 172 Å². The lowest BCUT2D eigenvalue weighted by Crippen LogP contribution is -2.50. The van der Waals surface area contributed by atoms with Crippen LogP contribution in [0, 0.1) is 0 Å². The molecule has 2 aliphatic heterocycles. The number of nitrogens with one attached hydrogen (secondary N) is 1. The molecule has 150 valence electrons. The van der Waals surface area contributed by atoms with Gasteiger partial charge in [0.25, 0.3) is 0 Å². The van der Waals surface area contributed by atoms with Gasteiger partial charge in [0.15, 0.2) is 23.1 Å². The van der Waals surface area contributed by atoms with Crippen LogP contribution in [0.4, 0.5) is 17.6 Å². The molecule has 4 heterocycles. The number of hydrogen-bond donors (Lipinski definition) is 1. The van der Waals surface area contributed by atoms with Crippen LogP contribution in [0.15, 0.2) is 42.7 Å². The van der Waals surface area contributed by atoms with Gasteiger partial charge in [-0.3, -0.25) is 4.90 Å². The predicted octanol–water partition coefficient (Wildman–Crippen LogP) is 2.03. The maximum Gasteiger partial charge on any atom is 0.228 e. The van der Waals surface area contributed by atoms with Crippen molar-refractivity contribution in [2.75, 3.05) is 49.5 Å². The van der Waals surface area contributed by atoms with Gasteiger partial charge in [0.2, 0.25) is 5.95 Å². The van der Waals surface area contributed by atoms with Crippen LogP contribution in [0.25, 0.3) is 0 Å². The highest BCUT2D eigenvalue weighted by Gasteiger charge is 2.27. The number of rotatable bonds is 5. The molecule has 9 nitrogen and oxygen atoms in total. The molecular weight excluding hydrogens is 390 g/mol. The van der Waals surface area contributed by atoms with Crippen LogP contribution in [0.2, 0.25) is 0 Å². The van der Waals surface area contributed by atoms with Crippen LogP contribution in [0.1, 0.15) is 0 Å². The van der Waals surface area contributed by atoms with Gasteiger partial charge in [-0.1, -0.05) is 12.1 Å². The number of piperazine rings is 1. The summed E-state index contributed by atoms with van der Waals surface area (Å²) in [5, 5.41) is 3.16. The Balaban J connectivity index is 1.16. The molecule has 1 N–H and O–H groups in total. The fourth-order valence-electron chi connectivity index (χ4n) is 3.52. The molecule has 0 radical (unpaired) electrons. The number of nitrogens with zero attached hydrogens (tertiary/aromatic N) is 6. The van der Waals surface area contributed by atoms with E-state index in [-0.39, 0.29) is 6.10 Å². The molecule has 1 atom stereocenters. The first-order chi connectivity index (χ1) is 14.3. The maximum atomic E-state index is 6.09. The zero-order valence-electron chi connectivity index (χ0n) is 15.8. The van der Waals surface area contributed by atoms with E-state index in [9.17, 15) is 0 Å². The minimum Gasteiger partial charge on any atom is -0.486 e. The van der Waals surface area contributed by atoms with Crippen LogP contribution in [-0.2, 0) is 0 Å². The van der Waals surface area contributed by atoms with Crippen molar-refractivity contribution in [1.29, 1.82) is 0 Å². The van der Waals surface area contributed by atoms with Crippen molar-refractivity contribution in [1.82, 2.24) is 23.6 Å². The number of para-hydroxylation sites is 2. The van der Waals surface area contributed by atoms with E-state index < -0.39 is 0 Å². The Kier molecular flexibility index (Phi) is 5.10. The standard InChI is InChI=1S/C19H21N7O2S/c1-2-5-16-15(4-1)27-13-14(28-16)12-25-8-10-26(11-9-25)18-17(23-29-24-18)22-19-20-6-3-7-21-19/h1-7,14H,8-13H2,(H,20,21,22,23). The Hall–Kier alpha value is -2.98. The molecule has 5 rings (SSSR count). The number of benzene rings is 1. The van der Waals surface area contributed by atoms with Crippen molar-refractivity contribution in [2.24, 2.45) is 0 Å². The van der Waals surface area contributed by atoms with Gasteiger partial charge >= 0.3 is 0 Å². The molecule has 1 unspecified atom stereocenters. The zero-order valence-corrected chi connectivity index (χ0v) is 16.6. The van der Waals surface area contributed by atoms with E-state index in [0.29, 0.717) is 18.4 Å². The second kappa shape index (κ2) is 8.18. The molecule has 0 bridgehead atoms. The lowest BCUT2D eigenvalue weighted by molar-refractivity contribution is 0.0571. The van der Waals surface area contributed by atoms with Crippen molar-refractivity contribution in [3.05, 3.63) is 42.7 Å². The van der Waals surface area contributed by atoms with Gasteiger partial charge in [0.05, 0.1) is 11.7 Å². The van der Waals surface area contributed by atoms with Gasteiger partial charge in [-0.25, -0.2) is 9.97 Å². The van der Waals surface area contributed by atoms with E-state index in [1.165, 1.54) is 11.7 Å². The highest BCUT2D eigenvalue weighted by atomic mass is 32.1. The quantitative estimate of drug-likeness (QED) is 0.677. The fraction of sp³-hybridized carbons (Fsp3) is 0.368. The summed E-state index contributed by atoms with van der Waals surface area (Å²) in [6.45, 7) is 5.04. The maximum absolute atomic E-state index is 6.09. The molecule has 29 heavy (non-hydrogen) atoms. The SMILES string of the molecule is c1cnc(Nc2nsnc2N2CCN(CC3COc4ccccc4O3)CC2)nc1. The lowest BCUT2D eigenvalue weighted by atomic mass is 10.2. The monoisotopic (exact) mass is 411 g/mol. The summed E-state index contributed by atoms with van der Waals surface area (Å²) >= 11 is 1.19. The number of fused-ring (bicyclic) bond motifs is 1. The molecule has 0 amide bonds. The van der Waals surface area contributed by atoms with Gasteiger partial charge in [0, 0.05) is 45.1 Å². The first-order valence-corrected chi connectivity index (χ1v) is 10.3. The van der Waals surface area contributed by atoms with Crippen LogP contribution in [0.5, 0.6) is 11.5 Å². The van der Waals surface area contributed by atoms with Crippen LogP contribution < -0.4 is 19.7 Å². The topological polar surface area (TPSA) is 88.5 Å². The first kappa shape index (κ1) is 18.1. The van der Waals surface area contributed by atoms with E-state index in [0.717, 1.165) is 50.0 Å². The third kappa shape index (κ3) is 4.08. The van der Waals surface area contributed by atoms with Crippen molar-refractivity contribution in [2.45, 2.75) is 6.10 Å². The second-order valence-corrected chi connectivity index (χ2v) is 7.45. The summed E-state index contributed by atoms with van der Waals surface area (Å²) in [5.74, 6) is 3.74. The van der Waals surface area contributed by atoms with Gasteiger partial charge in [-0.05, 0) is 18.2 Å². The lowest BCUT2D eigenvalue weighted by Gasteiger charge is -2.37. The summed E-state index contributed by atoms with van der Waals surface area (Å²) in [6, 6.07) is 9.61. The van der Waals surface area contributed by atoms with Gasteiger partial charge in [-0.15, -0.1) is 0 Å². The second-order valence-electron chi connectivity index (χ2n) is 6.92. The van der Waals surface area contributed by atoms with E-state index in [4.69, 9.17) is 9.47 Å². The summed E-state index contributed by atoms with van der Waals surface area (Å²) in [7, 11) is 0. The molecule has 0 aliphatic carbocycles. The van der Waals surface area contributed by atoms with Crippen molar-refractivity contribution in [3.63, 3.8) is 0 Å². The molecule has 3 aromatic rings. The zero-order chi connectivity index (χ0) is 19.5. The Morgan fingerprint density at radius 3 is 2.62 bits per heavy atom. The minimum absolute atomic E-state index is 0.0462. The van der Waals surface area contributed by atoms with Crippen molar-refractivity contribution < 1.29 is 9.47 Å². The molecule has 2 aliphatic rings. The molecule has 0 saturated carbocycles. The smallest absolute Gasteiger partial charge is 0.228 e. The average Bonchev–Trinajstić information content (AvgIpc) is 3.23. The predicted molar refractivity (Wildman–Crippen MR) is 110 cm³/mol. The van der Waals surface area contributed by atoms with E-state index >= 15 is 0 Å². The van der Waals surface area contributed by atoms with Crippen LogP contribution >= 0.6 is 11.7 Å². The van der Waals surface area contributed by atoms with E-state index in [1.807, 2.05) is 24.3 Å². The third-order valence-electron chi connectivity index (χ3n) is 4.97. The molecule has 1 saturated heterocycles. The molecule has 0 spiro atoms. The van der Waals surface area contributed by atoms with Gasteiger partial charge in [-0.2, -0.15) is 8.75 Å². The first-order valence-electron chi connectivity index (χ1n) is 9.57. The summed E-state index contributed by atoms with van der Waals surface area (Å²) in [5.41, 5.74) is 0. The van der Waals surface area contributed by atoms with Crippen molar-refractivity contribution >= 4 is 29.3 Å². The Morgan fingerprint density at radius 2 is 1.79 bits per heavy atom. The highest BCUT2D eigenvalue weighted by Crippen LogP contribution is 2.31. The fourth-order valence-corrected chi connectivity index (χ4v) is 4.05. The van der Waals surface area contributed by atoms with E-state index in [1.54, 1.807) is 18.5 Å². The Bertz CT molecular complexity index is 946. The van der Waals surface area contributed by atoms with E-state index in [2.05, 4.69) is 33.8 Å². The summed E-state index contributed by atoms with van der Waals surface area (Å²) in [4.78, 5) is 13.0. The third-order valence-corrected chi connectivity index (χ3v) is 5.49. The summed E-state index contributed by atoms with van der Waals surface area (Å²) in [6.07, 6.45) is 3.44. The number of hydrogen-bond acceptors (Lipinski definition) is 10. The Morgan fingerprint density at radius 1 is 1.00 bits per heavy atom. The van der Waals surface area contributed by atoms with Gasteiger partial charge < -0.3 is 19.7 Å². The molecule has 1 aromatic carbocycles. The number of anilines is 3. The minimum atomic E-state index is 0.0462. The molecule has 1 fully saturated rings. The van der Waals surface area contributed by atoms with Crippen LogP contribution in [-0.4, -0.2) is 69.0 Å². The highest BCUT2D eigenvalue weighted by molar-refractivity contribution is 6.99. The molecule has 2 aromatic heterocycles. The molecular formula is C19H21N7O2S. The van der Waals surface area contributed by atoms with Gasteiger partial charge in [0.1, 0.15) is 12.7 Å². The van der Waals surface area contributed by atoms with Crippen molar-refractivity contribution in [3.8, 4) is 11.5 Å². The average molecular weight is 411 g/mol. The van der Waals surface area contributed by atoms with Crippen LogP contribution in [0.3, 0.4) is 0 Å². The number of ether oxygens (including phenoxy) is 2.